The number of cyclic esters (lactones) is 1. The molecule has 0 aromatic carbocycles. The molecule has 15 atom stereocenters. The van der Waals surface area contributed by atoms with E-state index >= 15 is 0 Å². The number of methoxy groups -OCH3 is 3. The summed E-state index contributed by atoms with van der Waals surface area (Å²) in [5.41, 5.74) is 0.636. The minimum Gasteiger partial charge on any atom is -0.458 e. The van der Waals surface area contributed by atoms with Crippen LogP contribution in [0.2, 0.25) is 0 Å². The van der Waals surface area contributed by atoms with Crippen molar-refractivity contribution in [2.24, 2.45) is 35.5 Å². The number of fused-ring (bicyclic) bond motifs is 5. The Kier molecular flexibility index (Phi) is 11.4. The maximum Gasteiger partial charge on any atom is 0.307 e. The zero-order valence-corrected chi connectivity index (χ0v) is 27.5. The minimum absolute atomic E-state index is 0.0201. The highest BCUT2D eigenvalue weighted by Gasteiger charge is 2.52. The lowest BCUT2D eigenvalue weighted by atomic mass is 9.70. The Morgan fingerprint density at radius 2 is 1.71 bits per heavy atom. The molecule has 3 aliphatic carbocycles. The molecule has 10 heteroatoms. The molecule has 0 aromatic rings. The van der Waals surface area contributed by atoms with E-state index in [2.05, 4.69) is 18.2 Å². The van der Waals surface area contributed by atoms with E-state index in [0.717, 1.165) is 12.8 Å². The molecule has 1 saturated carbocycles. The van der Waals surface area contributed by atoms with Gasteiger partial charge in [0.2, 0.25) is 0 Å². The number of aliphatic hydroxyl groups excluding tert-OH is 2. The van der Waals surface area contributed by atoms with Gasteiger partial charge in [-0.15, -0.1) is 0 Å². The highest BCUT2D eigenvalue weighted by atomic mass is 16.7. The number of rotatable bonds is 7. The van der Waals surface area contributed by atoms with Gasteiger partial charge in [-0.2, -0.15) is 0 Å². The number of aliphatic hydroxyl groups is 2. The third-order valence-electron chi connectivity index (χ3n) is 10.8. The van der Waals surface area contributed by atoms with Gasteiger partial charge in [0, 0.05) is 33.2 Å². The standard InChI is InChI=1S/C35H52O10/c1-18(36)10-12-22-8-7-9-29(37)19(2)31(39)28-16-26-24(27(28)17-30(38)44-22)13-11-21-14-23(15-25(21)26)45-35-34(42-6)33(41-5)32(40-4)20(3)43-35/h10-13,16,18-27,29,32-37H,7-9,14-15,17H2,1-6H3/b12-10+/t18-,19+,20-,21+,22+,23+,24+,25+,26+,27-,29-,32-,33+,34+,35-/m0/s1. The van der Waals surface area contributed by atoms with Crippen molar-refractivity contribution in [3.63, 3.8) is 0 Å². The first-order chi connectivity index (χ1) is 21.6. The van der Waals surface area contributed by atoms with E-state index in [9.17, 15) is 19.8 Å². The number of Topliss-reactive ketones (excluding diaryl/α,β-unsaturated/α-hetero) is 1. The Bertz CT molecular complexity index is 1130. The van der Waals surface area contributed by atoms with Crippen molar-refractivity contribution in [2.75, 3.05) is 21.3 Å². The second-order valence-electron chi connectivity index (χ2n) is 13.6. The molecule has 2 N–H and O–H groups in total. The lowest BCUT2D eigenvalue weighted by Gasteiger charge is -2.44. The largest absolute Gasteiger partial charge is 0.458 e. The Morgan fingerprint density at radius 3 is 2.40 bits per heavy atom. The summed E-state index contributed by atoms with van der Waals surface area (Å²) in [4.78, 5) is 27.2. The van der Waals surface area contributed by atoms with Crippen molar-refractivity contribution in [3.8, 4) is 0 Å². The molecule has 5 aliphatic rings. The van der Waals surface area contributed by atoms with E-state index in [1.54, 1.807) is 47.3 Å². The number of ether oxygens (including phenoxy) is 6. The third kappa shape index (κ3) is 7.32. The summed E-state index contributed by atoms with van der Waals surface area (Å²) < 4.78 is 35.9. The van der Waals surface area contributed by atoms with E-state index in [1.165, 1.54) is 0 Å². The lowest BCUT2D eigenvalue weighted by Crippen LogP contribution is -2.59. The summed E-state index contributed by atoms with van der Waals surface area (Å²) in [5, 5.41) is 20.7. The maximum absolute atomic E-state index is 13.9. The molecule has 2 heterocycles. The first kappa shape index (κ1) is 34.4. The van der Waals surface area contributed by atoms with Crippen molar-refractivity contribution in [1.82, 2.24) is 0 Å². The lowest BCUT2D eigenvalue weighted by molar-refractivity contribution is -0.314. The van der Waals surface area contributed by atoms with Gasteiger partial charge in [-0.05, 0) is 81.3 Å². The van der Waals surface area contributed by atoms with Gasteiger partial charge in [0.1, 0.15) is 24.4 Å². The molecular weight excluding hydrogens is 580 g/mol. The van der Waals surface area contributed by atoms with Crippen molar-refractivity contribution in [2.45, 2.75) is 114 Å². The summed E-state index contributed by atoms with van der Waals surface area (Å²) in [5.74, 6) is -0.777. The number of hydrogen-bond donors (Lipinski definition) is 2. The van der Waals surface area contributed by atoms with E-state index in [1.807, 2.05) is 6.92 Å². The van der Waals surface area contributed by atoms with Gasteiger partial charge >= 0.3 is 5.97 Å². The smallest absolute Gasteiger partial charge is 0.307 e. The van der Waals surface area contributed by atoms with Crippen LogP contribution in [0.4, 0.5) is 0 Å². The predicted octanol–water partition coefficient (Wildman–Crippen LogP) is 3.53. The third-order valence-corrected chi connectivity index (χ3v) is 10.8. The molecule has 0 radical (unpaired) electrons. The number of hydrogen-bond acceptors (Lipinski definition) is 10. The topological polar surface area (TPSA) is 130 Å². The van der Waals surface area contributed by atoms with Gasteiger partial charge in [0.25, 0.3) is 0 Å². The number of carbonyl (C=O) groups excluding carboxylic acids is 2. The van der Waals surface area contributed by atoms with Crippen LogP contribution in [-0.4, -0.2) is 98.4 Å². The van der Waals surface area contributed by atoms with Crippen LogP contribution in [0.15, 0.2) is 36.0 Å². The van der Waals surface area contributed by atoms with Crippen LogP contribution in [0.1, 0.15) is 59.3 Å². The van der Waals surface area contributed by atoms with Crippen LogP contribution in [-0.2, 0) is 38.0 Å². The average molecular weight is 633 g/mol. The fourth-order valence-electron chi connectivity index (χ4n) is 8.40. The van der Waals surface area contributed by atoms with Crippen LogP contribution in [0, 0.1) is 35.5 Å². The molecule has 0 unspecified atom stereocenters. The Balaban J connectivity index is 1.34. The van der Waals surface area contributed by atoms with Gasteiger partial charge in [0.15, 0.2) is 12.1 Å². The summed E-state index contributed by atoms with van der Waals surface area (Å²) in [6, 6.07) is 0. The first-order valence-corrected chi connectivity index (χ1v) is 16.6. The number of allylic oxidation sites excluding steroid dienone is 4. The first-order valence-electron chi connectivity index (χ1n) is 16.6. The van der Waals surface area contributed by atoms with Crippen LogP contribution >= 0.6 is 0 Å². The minimum atomic E-state index is -0.786. The van der Waals surface area contributed by atoms with Crippen LogP contribution in [0.3, 0.4) is 0 Å². The van der Waals surface area contributed by atoms with Gasteiger partial charge < -0.3 is 38.6 Å². The fourth-order valence-corrected chi connectivity index (χ4v) is 8.40. The molecule has 2 aliphatic heterocycles. The zero-order chi connectivity index (χ0) is 32.4. The van der Waals surface area contributed by atoms with Crippen LogP contribution in [0.25, 0.3) is 0 Å². The Morgan fingerprint density at radius 1 is 0.978 bits per heavy atom. The highest BCUT2D eigenvalue weighted by molar-refractivity contribution is 5.99. The van der Waals surface area contributed by atoms with Crippen LogP contribution in [0.5, 0.6) is 0 Å². The van der Waals surface area contributed by atoms with Crippen LogP contribution < -0.4 is 0 Å². The molecule has 45 heavy (non-hydrogen) atoms. The van der Waals surface area contributed by atoms with E-state index in [0.29, 0.717) is 24.8 Å². The van der Waals surface area contributed by atoms with E-state index in [4.69, 9.17) is 28.4 Å². The van der Waals surface area contributed by atoms with Crippen molar-refractivity contribution in [1.29, 1.82) is 0 Å². The second kappa shape index (κ2) is 14.9. The molecule has 3 fully saturated rings. The molecule has 0 spiro atoms. The molecule has 10 nitrogen and oxygen atoms in total. The summed E-state index contributed by atoms with van der Waals surface area (Å²) in [6.07, 6.45) is 9.12. The van der Waals surface area contributed by atoms with Gasteiger partial charge in [0.05, 0.1) is 30.8 Å². The molecule has 2 saturated heterocycles. The summed E-state index contributed by atoms with van der Waals surface area (Å²) in [6.45, 7) is 5.38. The number of esters is 1. The summed E-state index contributed by atoms with van der Waals surface area (Å²) >= 11 is 0. The number of ketones is 1. The Hall–Kier alpha value is -1.92. The van der Waals surface area contributed by atoms with Crippen molar-refractivity contribution < 1.29 is 48.2 Å². The van der Waals surface area contributed by atoms with Gasteiger partial charge in [-0.1, -0.05) is 31.2 Å². The Labute approximate surface area is 267 Å². The maximum atomic E-state index is 13.9. The predicted molar refractivity (Wildman–Crippen MR) is 165 cm³/mol. The monoisotopic (exact) mass is 632 g/mol. The molecular formula is C35H52O10. The highest BCUT2D eigenvalue weighted by Crippen LogP contribution is 2.54. The molecule has 0 amide bonds. The van der Waals surface area contributed by atoms with Crippen molar-refractivity contribution in [3.05, 3.63) is 36.0 Å². The van der Waals surface area contributed by atoms with Crippen molar-refractivity contribution >= 4 is 11.8 Å². The number of carbonyl (C=O) groups is 2. The van der Waals surface area contributed by atoms with E-state index in [-0.39, 0.29) is 72.2 Å². The molecule has 0 bridgehead atoms. The van der Waals surface area contributed by atoms with Gasteiger partial charge in [-0.25, -0.2) is 0 Å². The molecule has 0 aromatic heterocycles. The SMILES string of the molecule is CO[C@@H]1[C@@H](OC)[C@H](C)O[C@@H](O[C@H]2C[C@H]3[C@@H]4C=C5C(=O)[C@H](C)[C@@H](O)CCC[C@H](/C=C/[C@H](C)O)OC(=O)C[C@H]5[C@@H]4C=C[C@@H]3C2)[C@@H]1OC. The summed E-state index contributed by atoms with van der Waals surface area (Å²) in [7, 11) is 4.90. The quantitative estimate of drug-likeness (QED) is 0.318. The average Bonchev–Trinajstić information content (AvgIpc) is 3.58. The second-order valence-corrected chi connectivity index (χ2v) is 13.6. The van der Waals surface area contributed by atoms with E-state index < -0.39 is 36.6 Å². The van der Waals surface area contributed by atoms with Gasteiger partial charge in [-0.3, -0.25) is 9.59 Å². The molecule has 5 rings (SSSR count). The fraction of sp³-hybridized carbons (Fsp3) is 0.771. The normalized spacial score (nSPS) is 44.8. The zero-order valence-electron chi connectivity index (χ0n) is 27.5. The molecule has 252 valence electrons.